The molecule has 1 heterocycles. The number of hydrogen-bond acceptors (Lipinski definition) is 2. The SMILES string of the molecule is CC1(C)CC(=O)OC2=CC=CCC21. The van der Waals surface area contributed by atoms with Gasteiger partial charge in [-0.15, -0.1) is 0 Å². The van der Waals surface area contributed by atoms with E-state index in [0.29, 0.717) is 12.3 Å². The van der Waals surface area contributed by atoms with Gasteiger partial charge in [0, 0.05) is 5.92 Å². The molecule has 2 nitrogen and oxygen atoms in total. The molecule has 0 saturated carbocycles. The van der Waals surface area contributed by atoms with Gasteiger partial charge in [-0.2, -0.15) is 0 Å². The maximum atomic E-state index is 11.2. The lowest BCUT2D eigenvalue weighted by Crippen LogP contribution is -2.36. The molecule has 0 aromatic carbocycles. The molecule has 1 fully saturated rings. The predicted molar refractivity (Wildman–Crippen MR) is 49.8 cm³/mol. The zero-order valence-electron chi connectivity index (χ0n) is 8.04. The fourth-order valence-corrected chi connectivity index (χ4v) is 2.08. The van der Waals surface area contributed by atoms with Gasteiger partial charge in [-0.25, -0.2) is 0 Å². The summed E-state index contributed by atoms with van der Waals surface area (Å²) in [6.45, 7) is 4.26. The van der Waals surface area contributed by atoms with Crippen molar-refractivity contribution in [2.45, 2.75) is 26.7 Å². The summed E-state index contributed by atoms with van der Waals surface area (Å²) in [6, 6.07) is 0. The lowest BCUT2D eigenvalue weighted by Gasteiger charge is -2.39. The largest absolute Gasteiger partial charge is 0.431 e. The molecule has 0 radical (unpaired) electrons. The van der Waals surface area contributed by atoms with Crippen molar-refractivity contribution in [1.29, 1.82) is 0 Å². The molecule has 1 saturated heterocycles. The van der Waals surface area contributed by atoms with E-state index in [1.807, 2.05) is 12.2 Å². The van der Waals surface area contributed by atoms with E-state index in [2.05, 4.69) is 19.9 Å². The third kappa shape index (κ3) is 1.41. The summed E-state index contributed by atoms with van der Waals surface area (Å²) in [5.41, 5.74) is 0.0475. The molecule has 1 aliphatic heterocycles. The van der Waals surface area contributed by atoms with Gasteiger partial charge in [0.2, 0.25) is 0 Å². The number of rotatable bonds is 0. The first-order valence-electron chi connectivity index (χ1n) is 4.67. The standard InChI is InChI=1S/C11H14O2/c1-11(2)7-10(12)13-9-6-4-3-5-8(9)11/h3-4,6,8H,5,7H2,1-2H3. The third-order valence-corrected chi connectivity index (χ3v) is 2.89. The molecule has 70 valence electrons. The van der Waals surface area contributed by atoms with Gasteiger partial charge in [0.1, 0.15) is 5.76 Å². The van der Waals surface area contributed by atoms with E-state index in [0.717, 1.165) is 12.2 Å². The Kier molecular flexibility index (Phi) is 1.79. The van der Waals surface area contributed by atoms with Crippen molar-refractivity contribution >= 4 is 5.97 Å². The number of esters is 1. The molecule has 0 aromatic heterocycles. The van der Waals surface area contributed by atoms with Crippen molar-refractivity contribution in [2.24, 2.45) is 11.3 Å². The first-order valence-corrected chi connectivity index (χ1v) is 4.67. The van der Waals surface area contributed by atoms with Gasteiger partial charge in [0.05, 0.1) is 6.42 Å². The number of carbonyl (C=O) groups is 1. The van der Waals surface area contributed by atoms with E-state index in [1.165, 1.54) is 0 Å². The molecule has 2 aliphatic rings. The monoisotopic (exact) mass is 178 g/mol. The summed E-state index contributed by atoms with van der Waals surface area (Å²) in [4.78, 5) is 11.2. The highest BCUT2D eigenvalue weighted by Crippen LogP contribution is 2.44. The molecule has 2 heteroatoms. The Labute approximate surface area is 78.3 Å². The van der Waals surface area contributed by atoms with E-state index >= 15 is 0 Å². The number of fused-ring (bicyclic) bond motifs is 1. The summed E-state index contributed by atoms with van der Waals surface area (Å²) in [7, 11) is 0. The normalized spacial score (nSPS) is 30.5. The predicted octanol–water partition coefficient (Wildman–Crippen LogP) is 2.42. The van der Waals surface area contributed by atoms with E-state index in [-0.39, 0.29) is 11.4 Å². The van der Waals surface area contributed by atoms with Crippen LogP contribution in [0.2, 0.25) is 0 Å². The Bertz CT molecular complexity index is 297. The van der Waals surface area contributed by atoms with Crippen LogP contribution in [-0.2, 0) is 9.53 Å². The van der Waals surface area contributed by atoms with Crippen LogP contribution in [0.1, 0.15) is 26.7 Å². The van der Waals surface area contributed by atoms with Crippen LogP contribution in [0, 0.1) is 11.3 Å². The first-order chi connectivity index (χ1) is 6.09. The molecular weight excluding hydrogens is 164 g/mol. The number of hydrogen-bond donors (Lipinski definition) is 0. The number of ether oxygens (including phenoxy) is 1. The number of allylic oxidation sites excluding steroid dienone is 4. The molecule has 0 aromatic rings. The minimum absolute atomic E-state index is 0.0475. The van der Waals surface area contributed by atoms with Crippen LogP contribution < -0.4 is 0 Å². The summed E-state index contributed by atoms with van der Waals surface area (Å²) in [6.07, 6.45) is 7.53. The van der Waals surface area contributed by atoms with Gasteiger partial charge < -0.3 is 4.74 Å². The lowest BCUT2D eigenvalue weighted by atomic mass is 9.71. The topological polar surface area (TPSA) is 26.3 Å². The van der Waals surface area contributed by atoms with Crippen molar-refractivity contribution in [3.63, 3.8) is 0 Å². The Morgan fingerprint density at radius 1 is 1.54 bits per heavy atom. The molecular formula is C11H14O2. The molecule has 0 amide bonds. The quantitative estimate of drug-likeness (QED) is 0.532. The van der Waals surface area contributed by atoms with Gasteiger partial charge in [0.15, 0.2) is 0 Å². The van der Waals surface area contributed by atoms with Gasteiger partial charge in [0.25, 0.3) is 0 Å². The van der Waals surface area contributed by atoms with Crippen molar-refractivity contribution in [3.8, 4) is 0 Å². The smallest absolute Gasteiger partial charge is 0.311 e. The molecule has 1 aliphatic carbocycles. The highest BCUT2D eigenvalue weighted by atomic mass is 16.5. The zero-order chi connectivity index (χ0) is 9.47. The van der Waals surface area contributed by atoms with Crippen molar-refractivity contribution in [3.05, 3.63) is 24.0 Å². The summed E-state index contributed by atoms with van der Waals surface area (Å²) >= 11 is 0. The fraction of sp³-hybridized carbons (Fsp3) is 0.545. The fourth-order valence-electron chi connectivity index (χ4n) is 2.08. The van der Waals surface area contributed by atoms with Crippen LogP contribution in [0.15, 0.2) is 24.0 Å². The van der Waals surface area contributed by atoms with E-state index < -0.39 is 0 Å². The Balaban J connectivity index is 2.33. The second-order valence-corrected chi connectivity index (χ2v) is 4.42. The van der Waals surface area contributed by atoms with E-state index in [9.17, 15) is 4.79 Å². The molecule has 13 heavy (non-hydrogen) atoms. The second-order valence-electron chi connectivity index (χ2n) is 4.42. The van der Waals surface area contributed by atoms with Crippen LogP contribution in [0.5, 0.6) is 0 Å². The lowest BCUT2D eigenvalue weighted by molar-refractivity contribution is -0.149. The van der Waals surface area contributed by atoms with Crippen LogP contribution in [0.25, 0.3) is 0 Å². The first kappa shape index (κ1) is 8.54. The van der Waals surface area contributed by atoms with Gasteiger partial charge in [-0.05, 0) is 17.9 Å². The minimum atomic E-state index is -0.0946. The average Bonchev–Trinajstić information content (AvgIpc) is 2.02. The van der Waals surface area contributed by atoms with Crippen LogP contribution >= 0.6 is 0 Å². The molecule has 0 spiro atoms. The molecule has 0 N–H and O–H groups in total. The summed E-state index contributed by atoms with van der Waals surface area (Å²) in [5.74, 6) is 1.14. The Morgan fingerprint density at radius 3 is 3.08 bits per heavy atom. The van der Waals surface area contributed by atoms with Crippen molar-refractivity contribution in [1.82, 2.24) is 0 Å². The van der Waals surface area contributed by atoms with Gasteiger partial charge >= 0.3 is 5.97 Å². The van der Waals surface area contributed by atoms with E-state index in [4.69, 9.17) is 4.74 Å². The Hall–Kier alpha value is -1.05. The zero-order valence-corrected chi connectivity index (χ0v) is 8.04. The third-order valence-electron chi connectivity index (χ3n) is 2.89. The second kappa shape index (κ2) is 2.72. The maximum Gasteiger partial charge on any atom is 0.311 e. The molecule has 0 bridgehead atoms. The van der Waals surface area contributed by atoms with Crippen molar-refractivity contribution in [2.75, 3.05) is 0 Å². The van der Waals surface area contributed by atoms with Gasteiger partial charge in [-0.3, -0.25) is 4.79 Å². The number of carbonyl (C=O) groups excluding carboxylic acids is 1. The summed E-state index contributed by atoms with van der Waals surface area (Å²) in [5, 5.41) is 0. The summed E-state index contributed by atoms with van der Waals surface area (Å²) < 4.78 is 5.20. The Morgan fingerprint density at radius 2 is 2.31 bits per heavy atom. The minimum Gasteiger partial charge on any atom is -0.431 e. The van der Waals surface area contributed by atoms with Crippen LogP contribution in [-0.4, -0.2) is 5.97 Å². The van der Waals surface area contributed by atoms with Gasteiger partial charge in [-0.1, -0.05) is 26.0 Å². The van der Waals surface area contributed by atoms with Crippen LogP contribution in [0.4, 0.5) is 0 Å². The average molecular weight is 178 g/mol. The highest BCUT2D eigenvalue weighted by Gasteiger charge is 2.40. The van der Waals surface area contributed by atoms with Crippen molar-refractivity contribution < 1.29 is 9.53 Å². The van der Waals surface area contributed by atoms with Crippen LogP contribution in [0.3, 0.4) is 0 Å². The molecule has 2 rings (SSSR count). The molecule has 1 unspecified atom stereocenters. The van der Waals surface area contributed by atoms with E-state index in [1.54, 1.807) is 0 Å². The maximum absolute atomic E-state index is 11.2. The molecule has 1 atom stereocenters. The highest BCUT2D eigenvalue weighted by molar-refractivity contribution is 5.73.